The van der Waals surface area contributed by atoms with Gasteiger partial charge < -0.3 is 4.74 Å². The van der Waals surface area contributed by atoms with Gasteiger partial charge in [0, 0.05) is 13.3 Å². The molecule has 1 rings (SSSR count). The molecule has 0 heterocycles. The molecule has 0 bridgehead atoms. The molecule has 2 nitrogen and oxygen atoms in total. The lowest BCUT2D eigenvalue weighted by atomic mass is 9.83. The average Bonchev–Trinajstić information content (AvgIpc) is 2.34. The normalized spacial score (nSPS) is 24.5. The predicted octanol–water partition coefficient (Wildman–Crippen LogP) is 4.43. The number of hydrogen-bond donors (Lipinski definition) is 0. The molecule has 1 fully saturated rings. The third kappa shape index (κ3) is 4.94. The van der Waals surface area contributed by atoms with Crippen molar-refractivity contribution in [1.29, 1.82) is 0 Å². The first-order valence-electron chi connectivity index (χ1n) is 7.06. The third-order valence-corrected chi connectivity index (χ3v) is 3.87. The van der Waals surface area contributed by atoms with Gasteiger partial charge in [-0.3, -0.25) is 4.79 Å². The van der Waals surface area contributed by atoms with E-state index in [4.69, 9.17) is 4.74 Å². The molecule has 0 aliphatic heterocycles. The van der Waals surface area contributed by atoms with Crippen molar-refractivity contribution in [2.75, 3.05) is 6.61 Å². The van der Waals surface area contributed by atoms with Gasteiger partial charge in [-0.25, -0.2) is 8.78 Å². The van der Waals surface area contributed by atoms with Crippen LogP contribution in [0, 0.1) is 11.8 Å². The standard InChI is InChI=1S/C14H22F4O2/c1-10-4-6-11(7-5-10)12(19)20-9-3-8-14(17,18)13(2,15)16/h10-11H,3-9H2,1-2H3. The van der Waals surface area contributed by atoms with Crippen molar-refractivity contribution in [3.05, 3.63) is 0 Å². The molecule has 1 aliphatic carbocycles. The maximum absolute atomic E-state index is 13.0. The average molecular weight is 298 g/mol. The van der Waals surface area contributed by atoms with Crippen molar-refractivity contribution in [3.8, 4) is 0 Å². The second-order valence-corrected chi connectivity index (χ2v) is 5.82. The Balaban J connectivity index is 2.23. The van der Waals surface area contributed by atoms with Crippen molar-refractivity contribution in [1.82, 2.24) is 0 Å². The zero-order chi connectivity index (χ0) is 15.4. The summed E-state index contributed by atoms with van der Waals surface area (Å²) in [6.45, 7) is 2.09. The second-order valence-electron chi connectivity index (χ2n) is 5.82. The number of carbonyl (C=O) groups is 1. The maximum atomic E-state index is 13.0. The Morgan fingerprint density at radius 1 is 1.15 bits per heavy atom. The molecule has 0 radical (unpaired) electrons. The summed E-state index contributed by atoms with van der Waals surface area (Å²) in [7, 11) is 0. The summed E-state index contributed by atoms with van der Waals surface area (Å²) >= 11 is 0. The molecule has 1 aliphatic rings. The van der Waals surface area contributed by atoms with E-state index < -0.39 is 18.3 Å². The van der Waals surface area contributed by atoms with Crippen LogP contribution in [0.25, 0.3) is 0 Å². The van der Waals surface area contributed by atoms with E-state index in [1.807, 2.05) is 0 Å². The van der Waals surface area contributed by atoms with E-state index in [9.17, 15) is 22.4 Å². The Kier molecular flexibility index (Phi) is 5.83. The quantitative estimate of drug-likeness (QED) is 0.412. The number of carbonyl (C=O) groups excluding carboxylic acids is 1. The first kappa shape index (κ1) is 17.2. The lowest BCUT2D eigenvalue weighted by Crippen LogP contribution is -2.37. The molecule has 0 spiro atoms. The highest BCUT2D eigenvalue weighted by atomic mass is 19.3. The zero-order valence-corrected chi connectivity index (χ0v) is 11.9. The van der Waals surface area contributed by atoms with Crippen LogP contribution in [0.15, 0.2) is 0 Å². The number of ether oxygens (including phenoxy) is 1. The van der Waals surface area contributed by atoms with Gasteiger partial charge in [0.15, 0.2) is 0 Å². The first-order valence-corrected chi connectivity index (χ1v) is 7.06. The van der Waals surface area contributed by atoms with Gasteiger partial charge in [-0.1, -0.05) is 6.92 Å². The number of hydrogen-bond acceptors (Lipinski definition) is 2. The van der Waals surface area contributed by atoms with Crippen LogP contribution in [0.4, 0.5) is 17.6 Å². The second kappa shape index (κ2) is 6.76. The Hall–Kier alpha value is -0.810. The van der Waals surface area contributed by atoms with Crippen LogP contribution < -0.4 is 0 Å². The molecule has 0 amide bonds. The maximum Gasteiger partial charge on any atom is 0.310 e. The van der Waals surface area contributed by atoms with E-state index in [1.54, 1.807) is 0 Å². The molecule has 6 heteroatoms. The lowest BCUT2D eigenvalue weighted by Gasteiger charge is -2.25. The van der Waals surface area contributed by atoms with E-state index >= 15 is 0 Å². The van der Waals surface area contributed by atoms with E-state index in [0.29, 0.717) is 5.92 Å². The summed E-state index contributed by atoms with van der Waals surface area (Å²) in [4.78, 5) is 11.7. The molecule has 0 aromatic carbocycles. The van der Waals surface area contributed by atoms with Gasteiger partial charge in [0.05, 0.1) is 12.5 Å². The van der Waals surface area contributed by atoms with Crippen LogP contribution in [-0.2, 0) is 9.53 Å². The van der Waals surface area contributed by atoms with Crippen LogP contribution >= 0.6 is 0 Å². The smallest absolute Gasteiger partial charge is 0.310 e. The van der Waals surface area contributed by atoms with E-state index in [1.165, 1.54) is 0 Å². The van der Waals surface area contributed by atoms with Gasteiger partial charge in [0.25, 0.3) is 0 Å². The third-order valence-electron chi connectivity index (χ3n) is 3.87. The fraction of sp³-hybridized carbons (Fsp3) is 0.929. The molecule has 0 aromatic rings. The topological polar surface area (TPSA) is 26.3 Å². The van der Waals surface area contributed by atoms with Crippen LogP contribution in [0.1, 0.15) is 52.4 Å². The molecular formula is C14H22F4O2. The highest BCUT2D eigenvalue weighted by Gasteiger charge is 2.51. The Labute approximate surface area is 116 Å². The van der Waals surface area contributed by atoms with Crippen molar-refractivity contribution < 1.29 is 27.1 Å². The van der Waals surface area contributed by atoms with E-state index in [-0.39, 0.29) is 31.8 Å². The SMILES string of the molecule is CC1CCC(C(=O)OCCCC(F)(F)C(C)(F)F)CC1. The van der Waals surface area contributed by atoms with Crippen LogP contribution in [0.2, 0.25) is 0 Å². The summed E-state index contributed by atoms with van der Waals surface area (Å²) in [5.74, 6) is -8.05. The molecule has 118 valence electrons. The summed E-state index contributed by atoms with van der Waals surface area (Å²) in [5, 5.41) is 0. The summed E-state index contributed by atoms with van der Waals surface area (Å²) in [6.07, 6.45) is 2.18. The summed E-state index contributed by atoms with van der Waals surface area (Å²) in [6, 6.07) is 0. The summed E-state index contributed by atoms with van der Waals surface area (Å²) < 4.78 is 55.9. The first-order chi connectivity index (χ1) is 9.13. The predicted molar refractivity (Wildman–Crippen MR) is 66.9 cm³/mol. The molecule has 0 N–H and O–H groups in total. The minimum Gasteiger partial charge on any atom is -0.465 e. The van der Waals surface area contributed by atoms with Crippen molar-refractivity contribution >= 4 is 5.97 Å². The van der Waals surface area contributed by atoms with Gasteiger partial charge in [-0.05, 0) is 38.0 Å². The van der Waals surface area contributed by atoms with Gasteiger partial charge in [-0.15, -0.1) is 0 Å². The fourth-order valence-corrected chi connectivity index (χ4v) is 2.30. The van der Waals surface area contributed by atoms with Crippen molar-refractivity contribution in [3.63, 3.8) is 0 Å². The molecule has 0 aromatic heterocycles. The van der Waals surface area contributed by atoms with Gasteiger partial charge in [0.1, 0.15) is 0 Å². The number of alkyl halides is 4. The Morgan fingerprint density at radius 3 is 2.20 bits per heavy atom. The Morgan fingerprint density at radius 2 is 1.70 bits per heavy atom. The van der Waals surface area contributed by atoms with Crippen LogP contribution in [0.5, 0.6) is 0 Å². The fourth-order valence-electron chi connectivity index (χ4n) is 2.30. The highest BCUT2D eigenvalue weighted by molar-refractivity contribution is 5.72. The Bertz CT molecular complexity index is 318. The molecular weight excluding hydrogens is 276 g/mol. The van der Waals surface area contributed by atoms with Crippen LogP contribution in [-0.4, -0.2) is 24.4 Å². The van der Waals surface area contributed by atoms with E-state index in [0.717, 1.165) is 25.7 Å². The minimum absolute atomic E-state index is 0.167. The van der Waals surface area contributed by atoms with Gasteiger partial charge in [0.2, 0.25) is 0 Å². The molecule has 0 atom stereocenters. The van der Waals surface area contributed by atoms with Crippen molar-refractivity contribution in [2.24, 2.45) is 11.8 Å². The molecule has 0 saturated heterocycles. The minimum atomic E-state index is -4.06. The molecule has 1 saturated carbocycles. The largest absolute Gasteiger partial charge is 0.465 e. The van der Waals surface area contributed by atoms with E-state index in [2.05, 4.69) is 6.92 Å². The highest BCUT2D eigenvalue weighted by Crippen LogP contribution is 2.37. The lowest BCUT2D eigenvalue weighted by molar-refractivity contribution is -0.202. The molecule has 20 heavy (non-hydrogen) atoms. The van der Waals surface area contributed by atoms with Gasteiger partial charge in [-0.2, -0.15) is 8.78 Å². The zero-order valence-electron chi connectivity index (χ0n) is 11.9. The monoisotopic (exact) mass is 298 g/mol. The van der Waals surface area contributed by atoms with Crippen LogP contribution in [0.3, 0.4) is 0 Å². The van der Waals surface area contributed by atoms with Gasteiger partial charge >= 0.3 is 17.8 Å². The number of rotatable bonds is 6. The van der Waals surface area contributed by atoms with Crippen molar-refractivity contribution in [2.45, 2.75) is 64.2 Å². The molecule has 0 unspecified atom stereocenters. The number of halogens is 4. The summed E-state index contributed by atoms with van der Waals surface area (Å²) in [5.41, 5.74) is 0. The number of esters is 1.